The second-order valence-electron chi connectivity index (χ2n) is 4.09. The molecule has 1 aliphatic rings. The summed E-state index contributed by atoms with van der Waals surface area (Å²) >= 11 is 0. The van der Waals surface area contributed by atoms with Gasteiger partial charge >= 0.3 is 0 Å². The van der Waals surface area contributed by atoms with Gasteiger partial charge in [-0.3, -0.25) is 4.79 Å². The Balaban J connectivity index is 2.49. The zero-order valence-electron chi connectivity index (χ0n) is 9.79. The fourth-order valence-corrected chi connectivity index (χ4v) is 2.12. The number of hydrogen-bond donors (Lipinski definition) is 0. The number of Topliss-reactive ketones (excluding diaryl/α,β-unsaturated/α-hetero) is 1. The van der Waals surface area contributed by atoms with E-state index in [-0.39, 0.29) is 5.78 Å². The van der Waals surface area contributed by atoms with Gasteiger partial charge in [-0.05, 0) is 30.1 Å². The lowest BCUT2D eigenvalue weighted by atomic mass is 9.94. The maximum Gasteiger partial charge on any atom is 0.163 e. The Morgan fingerprint density at radius 2 is 2.06 bits per heavy atom. The van der Waals surface area contributed by atoms with E-state index in [4.69, 9.17) is 0 Å². The molecule has 0 aromatic heterocycles. The Hall–Kier alpha value is -1.63. The summed E-state index contributed by atoms with van der Waals surface area (Å²) in [6, 6.07) is 7.92. The highest BCUT2D eigenvalue weighted by atomic mass is 16.1. The SMILES string of the molecule is CCC(=O)c1ccccc1C1=C(C)C=CC1. The zero-order chi connectivity index (χ0) is 11.5. The van der Waals surface area contributed by atoms with Crippen LogP contribution in [0.15, 0.2) is 42.0 Å². The highest BCUT2D eigenvalue weighted by Crippen LogP contribution is 2.31. The van der Waals surface area contributed by atoms with Crippen molar-refractivity contribution in [3.05, 3.63) is 53.1 Å². The molecule has 0 N–H and O–H groups in total. The van der Waals surface area contributed by atoms with Gasteiger partial charge < -0.3 is 0 Å². The fourth-order valence-electron chi connectivity index (χ4n) is 2.12. The summed E-state index contributed by atoms with van der Waals surface area (Å²) in [5.41, 5.74) is 4.54. The number of carbonyl (C=O) groups is 1. The van der Waals surface area contributed by atoms with Crippen molar-refractivity contribution < 1.29 is 4.79 Å². The molecule has 82 valence electrons. The summed E-state index contributed by atoms with van der Waals surface area (Å²) in [5, 5.41) is 0. The van der Waals surface area contributed by atoms with Crippen molar-refractivity contribution in [3.63, 3.8) is 0 Å². The van der Waals surface area contributed by atoms with Crippen LogP contribution in [-0.2, 0) is 0 Å². The Labute approximate surface area is 96.5 Å². The van der Waals surface area contributed by atoms with Gasteiger partial charge in [-0.1, -0.05) is 43.3 Å². The second-order valence-corrected chi connectivity index (χ2v) is 4.09. The van der Waals surface area contributed by atoms with E-state index < -0.39 is 0 Å². The third kappa shape index (κ3) is 1.85. The average molecular weight is 212 g/mol. The normalized spacial score (nSPS) is 14.6. The van der Waals surface area contributed by atoms with E-state index in [1.54, 1.807) is 0 Å². The van der Waals surface area contributed by atoms with Gasteiger partial charge in [0.05, 0.1) is 0 Å². The molecule has 0 aliphatic heterocycles. The molecule has 1 heteroatoms. The van der Waals surface area contributed by atoms with Crippen molar-refractivity contribution in [3.8, 4) is 0 Å². The minimum Gasteiger partial charge on any atom is -0.294 e. The molecule has 0 radical (unpaired) electrons. The fraction of sp³-hybridized carbons (Fsp3) is 0.267. The largest absolute Gasteiger partial charge is 0.294 e. The number of carbonyl (C=O) groups excluding carboxylic acids is 1. The predicted molar refractivity (Wildman–Crippen MR) is 67.4 cm³/mol. The molecular weight excluding hydrogens is 196 g/mol. The highest BCUT2D eigenvalue weighted by molar-refractivity contribution is 6.01. The lowest BCUT2D eigenvalue weighted by Crippen LogP contribution is -2.01. The predicted octanol–water partition coefficient (Wildman–Crippen LogP) is 4.01. The van der Waals surface area contributed by atoms with Crippen molar-refractivity contribution in [1.29, 1.82) is 0 Å². The first-order chi connectivity index (χ1) is 7.74. The Bertz CT molecular complexity index is 478. The van der Waals surface area contributed by atoms with Gasteiger partial charge in [0.1, 0.15) is 0 Å². The number of allylic oxidation sites excluding steroid dienone is 4. The van der Waals surface area contributed by atoms with Crippen LogP contribution >= 0.6 is 0 Å². The summed E-state index contributed by atoms with van der Waals surface area (Å²) in [5.74, 6) is 0.225. The van der Waals surface area contributed by atoms with Crippen molar-refractivity contribution >= 4 is 11.4 Å². The molecule has 0 atom stereocenters. The highest BCUT2D eigenvalue weighted by Gasteiger charge is 2.14. The lowest BCUT2D eigenvalue weighted by Gasteiger charge is -2.10. The van der Waals surface area contributed by atoms with Crippen LogP contribution in [-0.4, -0.2) is 5.78 Å². The third-order valence-electron chi connectivity index (χ3n) is 3.04. The average Bonchev–Trinajstić information content (AvgIpc) is 2.74. The van der Waals surface area contributed by atoms with Crippen LogP contribution in [0.25, 0.3) is 5.57 Å². The summed E-state index contributed by atoms with van der Waals surface area (Å²) in [6.45, 7) is 4.01. The van der Waals surface area contributed by atoms with E-state index in [0.29, 0.717) is 6.42 Å². The molecule has 1 aromatic carbocycles. The number of benzene rings is 1. The lowest BCUT2D eigenvalue weighted by molar-refractivity contribution is 0.0988. The van der Waals surface area contributed by atoms with Crippen molar-refractivity contribution in [2.45, 2.75) is 26.7 Å². The van der Waals surface area contributed by atoms with Crippen LogP contribution in [0.1, 0.15) is 42.6 Å². The standard InChI is InChI=1S/C15H16O/c1-3-15(16)14-9-5-4-8-13(14)12-10-6-7-11(12)2/h4-9H,3,10H2,1-2H3. The van der Waals surface area contributed by atoms with Crippen molar-refractivity contribution in [2.75, 3.05) is 0 Å². The maximum atomic E-state index is 11.9. The quantitative estimate of drug-likeness (QED) is 0.692. The molecule has 2 rings (SSSR count). The van der Waals surface area contributed by atoms with E-state index in [1.165, 1.54) is 11.1 Å². The Kier molecular flexibility index (Phi) is 3.04. The molecule has 1 nitrogen and oxygen atoms in total. The Morgan fingerprint density at radius 1 is 1.31 bits per heavy atom. The molecule has 0 unspecified atom stereocenters. The van der Waals surface area contributed by atoms with Crippen LogP contribution in [0.2, 0.25) is 0 Å². The van der Waals surface area contributed by atoms with Crippen LogP contribution in [0.5, 0.6) is 0 Å². The zero-order valence-corrected chi connectivity index (χ0v) is 9.79. The number of hydrogen-bond acceptors (Lipinski definition) is 1. The van der Waals surface area contributed by atoms with Crippen LogP contribution in [0, 0.1) is 0 Å². The molecule has 0 fully saturated rings. The van der Waals surface area contributed by atoms with Gasteiger partial charge in [-0.25, -0.2) is 0 Å². The minimum absolute atomic E-state index is 0.225. The van der Waals surface area contributed by atoms with Crippen molar-refractivity contribution in [2.24, 2.45) is 0 Å². The maximum absolute atomic E-state index is 11.9. The Morgan fingerprint density at radius 3 is 2.69 bits per heavy atom. The van der Waals surface area contributed by atoms with E-state index in [0.717, 1.165) is 17.5 Å². The van der Waals surface area contributed by atoms with Gasteiger partial charge in [-0.2, -0.15) is 0 Å². The second kappa shape index (κ2) is 4.48. The summed E-state index contributed by atoms with van der Waals surface area (Å²) in [6.07, 6.45) is 5.79. The van der Waals surface area contributed by atoms with E-state index >= 15 is 0 Å². The molecule has 1 aliphatic carbocycles. The van der Waals surface area contributed by atoms with Gasteiger partial charge in [-0.15, -0.1) is 0 Å². The molecular formula is C15H16O. The van der Waals surface area contributed by atoms with Gasteiger partial charge in [0.2, 0.25) is 0 Å². The van der Waals surface area contributed by atoms with E-state index in [9.17, 15) is 4.79 Å². The molecule has 0 saturated carbocycles. The number of rotatable bonds is 3. The van der Waals surface area contributed by atoms with Crippen LogP contribution < -0.4 is 0 Å². The topological polar surface area (TPSA) is 17.1 Å². The smallest absolute Gasteiger partial charge is 0.163 e. The summed E-state index contributed by atoms with van der Waals surface area (Å²) in [4.78, 5) is 11.9. The molecule has 1 aromatic rings. The molecule has 0 spiro atoms. The molecule has 16 heavy (non-hydrogen) atoms. The van der Waals surface area contributed by atoms with Crippen LogP contribution in [0.4, 0.5) is 0 Å². The first-order valence-electron chi connectivity index (χ1n) is 5.73. The monoisotopic (exact) mass is 212 g/mol. The van der Waals surface area contributed by atoms with Crippen LogP contribution in [0.3, 0.4) is 0 Å². The molecule has 0 heterocycles. The molecule has 0 saturated heterocycles. The van der Waals surface area contributed by atoms with Gasteiger partial charge in [0, 0.05) is 12.0 Å². The summed E-state index contributed by atoms with van der Waals surface area (Å²) in [7, 11) is 0. The van der Waals surface area contributed by atoms with E-state index in [2.05, 4.69) is 25.1 Å². The number of ketones is 1. The first-order valence-corrected chi connectivity index (χ1v) is 5.73. The van der Waals surface area contributed by atoms with Gasteiger partial charge in [0.25, 0.3) is 0 Å². The molecule has 0 amide bonds. The molecule has 0 bridgehead atoms. The third-order valence-corrected chi connectivity index (χ3v) is 3.04. The van der Waals surface area contributed by atoms with Crippen molar-refractivity contribution in [1.82, 2.24) is 0 Å². The first kappa shape index (κ1) is 10.9. The van der Waals surface area contributed by atoms with Gasteiger partial charge in [0.15, 0.2) is 5.78 Å². The van der Waals surface area contributed by atoms with E-state index in [1.807, 2.05) is 25.1 Å². The summed E-state index contributed by atoms with van der Waals surface area (Å²) < 4.78 is 0. The minimum atomic E-state index is 0.225.